The highest BCUT2D eigenvalue weighted by Gasteiger charge is 2.12. The van der Waals surface area contributed by atoms with E-state index in [9.17, 15) is 0 Å². The Hall–Kier alpha value is -1.71. The number of benzene rings is 1. The number of pyridine rings is 1. The minimum absolute atomic E-state index is 0.139. The second kappa shape index (κ2) is 4.52. The third-order valence-corrected chi connectivity index (χ3v) is 3.93. The number of aryl methyl sites for hydroxylation is 1. The van der Waals surface area contributed by atoms with Crippen molar-refractivity contribution in [3.05, 3.63) is 64.0 Å². The largest absolute Gasteiger partial charge is 0.319 e. The van der Waals surface area contributed by atoms with E-state index >= 15 is 0 Å². The van der Waals surface area contributed by atoms with Gasteiger partial charge in [-0.15, -0.1) is 11.3 Å². The van der Waals surface area contributed by atoms with E-state index in [1.54, 1.807) is 11.3 Å². The Labute approximate surface area is 110 Å². The lowest BCUT2D eigenvalue weighted by molar-refractivity contribution is 0.840. The van der Waals surface area contributed by atoms with Gasteiger partial charge in [0, 0.05) is 10.3 Å². The molecule has 2 aromatic heterocycles. The summed E-state index contributed by atoms with van der Waals surface area (Å²) < 4.78 is 0. The first-order chi connectivity index (χ1) is 8.74. The van der Waals surface area contributed by atoms with Crippen molar-refractivity contribution >= 4 is 22.2 Å². The zero-order chi connectivity index (χ0) is 12.5. The van der Waals surface area contributed by atoms with Crippen LogP contribution < -0.4 is 5.73 Å². The van der Waals surface area contributed by atoms with E-state index in [0.29, 0.717) is 0 Å². The van der Waals surface area contributed by atoms with Gasteiger partial charge in [-0.25, -0.2) is 0 Å². The van der Waals surface area contributed by atoms with Crippen molar-refractivity contribution in [1.29, 1.82) is 0 Å². The van der Waals surface area contributed by atoms with Crippen LogP contribution in [-0.4, -0.2) is 4.98 Å². The van der Waals surface area contributed by atoms with E-state index < -0.39 is 0 Å². The number of aromatic nitrogens is 1. The van der Waals surface area contributed by atoms with Crippen molar-refractivity contribution in [3.63, 3.8) is 0 Å². The summed E-state index contributed by atoms with van der Waals surface area (Å²) >= 11 is 1.72. The smallest absolute Gasteiger partial charge is 0.0734 e. The Balaban J connectivity index is 2.03. The quantitative estimate of drug-likeness (QED) is 0.758. The maximum Gasteiger partial charge on any atom is 0.0734 e. The number of rotatable bonds is 2. The highest BCUT2D eigenvalue weighted by molar-refractivity contribution is 7.10. The minimum atomic E-state index is -0.139. The second-order valence-corrected chi connectivity index (χ2v) is 5.51. The normalized spacial score (nSPS) is 12.8. The topological polar surface area (TPSA) is 38.9 Å². The summed E-state index contributed by atoms with van der Waals surface area (Å²) in [5.74, 6) is 0. The zero-order valence-corrected chi connectivity index (χ0v) is 10.9. The first-order valence-electron chi connectivity index (χ1n) is 5.90. The molecule has 18 heavy (non-hydrogen) atoms. The minimum Gasteiger partial charge on any atom is -0.319 e. The molecular weight excluding hydrogens is 240 g/mol. The Bertz CT molecular complexity index is 688. The highest BCUT2D eigenvalue weighted by atomic mass is 32.1. The lowest BCUT2D eigenvalue weighted by Gasteiger charge is -2.10. The van der Waals surface area contributed by atoms with Crippen molar-refractivity contribution in [2.45, 2.75) is 13.0 Å². The predicted octanol–water partition coefficient (Wildman–Crippen LogP) is 3.65. The van der Waals surface area contributed by atoms with E-state index in [1.165, 1.54) is 4.88 Å². The van der Waals surface area contributed by atoms with Crippen LogP contribution in [0.2, 0.25) is 0 Å². The van der Waals surface area contributed by atoms with Gasteiger partial charge in [-0.1, -0.05) is 24.3 Å². The Morgan fingerprint density at radius 1 is 1.17 bits per heavy atom. The van der Waals surface area contributed by atoms with Gasteiger partial charge in [0.05, 0.1) is 17.3 Å². The molecular formula is C15H14N2S. The van der Waals surface area contributed by atoms with Gasteiger partial charge in [0.15, 0.2) is 0 Å². The molecule has 2 nitrogen and oxygen atoms in total. The molecule has 1 aromatic carbocycles. The fraction of sp³-hybridized carbons (Fsp3) is 0.133. The lowest BCUT2D eigenvalue weighted by Crippen LogP contribution is -2.12. The van der Waals surface area contributed by atoms with Gasteiger partial charge < -0.3 is 5.73 Å². The summed E-state index contributed by atoms with van der Waals surface area (Å²) in [5.41, 5.74) is 9.32. The fourth-order valence-electron chi connectivity index (χ4n) is 2.05. The average molecular weight is 254 g/mol. The van der Waals surface area contributed by atoms with Gasteiger partial charge >= 0.3 is 0 Å². The molecule has 0 saturated carbocycles. The lowest BCUT2D eigenvalue weighted by atomic mass is 10.1. The van der Waals surface area contributed by atoms with E-state index in [1.807, 2.05) is 24.3 Å². The number of thiophene rings is 1. The molecule has 0 fully saturated rings. The molecule has 1 unspecified atom stereocenters. The maximum absolute atomic E-state index is 6.26. The molecule has 1 atom stereocenters. The van der Waals surface area contributed by atoms with E-state index in [-0.39, 0.29) is 6.04 Å². The average Bonchev–Trinajstić information content (AvgIpc) is 2.84. The first-order valence-corrected chi connectivity index (χ1v) is 6.78. The monoisotopic (exact) mass is 254 g/mol. The van der Waals surface area contributed by atoms with Crippen LogP contribution in [0.15, 0.2) is 47.8 Å². The number of para-hydroxylation sites is 1. The van der Waals surface area contributed by atoms with Crippen molar-refractivity contribution < 1.29 is 0 Å². The molecule has 3 rings (SSSR count). The summed E-state index contributed by atoms with van der Waals surface area (Å²) in [7, 11) is 0. The number of hydrogen-bond donors (Lipinski definition) is 1. The Kier molecular flexibility index (Phi) is 2.86. The van der Waals surface area contributed by atoms with Crippen LogP contribution in [0.5, 0.6) is 0 Å². The van der Waals surface area contributed by atoms with Crippen molar-refractivity contribution in [2.24, 2.45) is 5.73 Å². The van der Waals surface area contributed by atoms with Crippen LogP contribution in [0.1, 0.15) is 22.2 Å². The summed E-state index contributed by atoms with van der Waals surface area (Å²) in [4.78, 5) is 5.92. The van der Waals surface area contributed by atoms with Gasteiger partial charge in [0.25, 0.3) is 0 Å². The van der Waals surface area contributed by atoms with Gasteiger partial charge in [0.1, 0.15) is 0 Å². The third-order valence-electron chi connectivity index (χ3n) is 3.05. The SMILES string of the molecule is Cc1cc(C(N)c2ccc3ccccc3n2)cs1. The van der Waals surface area contributed by atoms with E-state index in [2.05, 4.69) is 35.5 Å². The molecule has 3 heteroatoms. The van der Waals surface area contributed by atoms with Crippen molar-refractivity contribution in [1.82, 2.24) is 4.98 Å². The molecule has 0 saturated heterocycles. The molecule has 3 aromatic rings. The van der Waals surface area contributed by atoms with Gasteiger partial charge in [-0.05, 0) is 36.1 Å². The summed E-state index contributed by atoms with van der Waals surface area (Å²) in [6, 6.07) is 14.2. The molecule has 0 spiro atoms. The Morgan fingerprint density at radius 2 is 2.00 bits per heavy atom. The molecule has 0 radical (unpaired) electrons. The number of nitrogens with zero attached hydrogens (tertiary/aromatic N) is 1. The fourth-order valence-corrected chi connectivity index (χ4v) is 2.79. The van der Waals surface area contributed by atoms with Gasteiger partial charge in [-0.3, -0.25) is 4.98 Å². The van der Waals surface area contributed by atoms with Crippen molar-refractivity contribution in [3.8, 4) is 0 Å². The second-order valence-electron chi connectivity index (χ2n) is 4.40. The van der Waals surface area contributed by atoms with Gasteiger partial charge in [0.2, 0.25) is 0 Å². The number of nitrogens with two attached hydrogens (primary N) is 1. The molecule has 0 amide bonds. The number of fused-ring (bicyclic) bond motifs is 1. The van der Waals surface area contributed by atoms with Crippen LogP contribution in [-0.2, 0) is 0 Å². The van der Waals surface area contributed by atoms with Crippen LogP contribution >= 0.6 is 11.3 Å². The molecule has 90 valence electrons. The van der Waals surface area contributed by atoms with Gasteiger partial charge in [-0.2, -0.15) is 0 Å². The molecule has 0 bridgehead atoms. The first kappa shape index (κ1) is 11.4. The summed E-state index contributed by atoms with van der Waals surface area (Å²) in [6.07, 6.45) is 0. The highest BCUT2D eigenvalue weighted by Crippen LogP contribution is 2.24. The Morgan fingerprint density at radius 3 is 2.78 bits per heavy atom. The van der Waals surface area contributed by atoms with Crippen LogP contribution in [0.25, 0.3) is 10.9 Å². The zero-order valence-electron chi connectivity index (χ0n) is 10.1. The molecule has 0 aliphatic carbocycles. The molecule has 2 N–H and O–H groups in total. The number of hydrogen-bond acceptors (Lipinski definition) is 3. The predicted molar refractivity (Wildman–Crippen MR) is 76.8 cm³/mol. The van der Waals surface area contributed by atoms with E-state index in [0.717, 1.165) is 22.2 Å². The van der Waals surface area contributed by atoms with Crippen LogP contribution in [0.3, 0.4) is 0 Å². The van der Waals surface area contributed by atoms with Crippen molar-refractivity contribution in [2.75, 3.05) is 0 Å². The molecule has 0 aliphatic rings. The summed E-state index contributed by atoms with van der Waals surface area (Å²) in [5, 5.41) is 3.26. The van der Waals surface area contributed by atoms with Crippen LogP contribution in [0.4, 0.5) is 0 Å². The standard InChI is InChI=1S/C15H14N2S/c1-10-8-12(9-18-10)15(16)14-7-6-11-4-2-3-5-13(11)17-14/h2-9,15H,16H2,1H3. The summed E-state index contributed by atoms with van der Waals surface area (Å²) in [6.45, 7) is 2.09. The molecule has 2 heterocycles. The van der Waals surface area contributed by atoms with Crippen LogP contribution in [0, 0.1) is 6.92 Å². The molecule has 0 aliphatic heterocycles. The maximum atomic E-state index is 6.26. The third kappa shape index (κ3) is 2.03. The van der Waals surface area contributed by atoms with E-state index in [4.69, 9.17) is 5.73 Å².